The summed E-state index contributed by atoms with van der Waals surface area (Å²) in [6.07, 6.45) is 4.47. The zero-order chi connectivity index (χ0) is 25.1. The average molecular weight is 482 g/mol. The molecule has 3 heteroatoms. The summed E-state index contributed by atoms with van der Waals surface area (Å²) in [7, 11) is 4.12. The van der Waals surface area contributed by atoms with Crippen molar-refractivity contribution in [3.8, 4) is 28.4 Å². The summed E-state index contributed by atoms with van der Waals surface area (Å²) >= 11 is 0. The summed E-state index contributed by atoms with van der Waals surface area (Å²) < 4.78 is 13.6. The van der Waals surface area contributed by atoms with E-state index in [9.17, 15) is 0 Å². The third kappa shape index (κ3) is 3.14. The van der Waals surface area contributed by atoms with Crippen LogP contribution in [0.5, 0.6) is 17.2 Å². The molecule has 1 unspecified atom stereocenters. The largest absolute Gasteiger partial charge is 0.472 e. The summed E-state index contributed by atoms with van der Waals surface area (Å²) in [6, 6.07) is 33.7. The summed E-state index contributed by atoms with van der Waals surface area (Å²) in [5.41, 5.74) is 7.25. The van der Waals surface area contributed by atoms with Gasteiger partial charge in [0.2, 0.25) is 0 Å². The minimum atomic E-state index is -0.751. The second-order valence-electron chi connectivity index (χ2n) is 10.00. The zero-order valence-corrected chi connectivity index (χ0v) is 21.2. The SMILES string of the molecule is Cc1c2c(c3cccc4c3c1-c1ccccc1O4)OC(c1ccccc1)(c1ccc(N(C)C)cc1)C=C2. The van der Waals surface area contributed by atoms with Gasteiger partial charge in [0.1, 0.15) is 17.2 Å². The maximum absolute atomic E-state index is 7.20. The van der Waals surface area contributed by atoms with Crippen LogP contribution < -0.4 is 14.4 Å². The number of ether oxygens (including phenoxy) is 2. The first-order valence-electron chi connectivity index (χ1n) is 12.6. The Morgan fingerprint density at radius 2 is 1.41 bits per heavy atom. The molecule has 5 aromatic carbocycles. The van der Waals surface area contributed by atoms with Crippen molar-refractivity contribution in [1.82, 2.24) is 0 Å². The number of para-hydroxylation sites is 1. The molecule has 1 atom stereocenters. The average Bonchev–Trinajstić information content (AvgIpc) is 2.95. The first-order valence-corrected chi connectivity index (χ1v) is 12.6. The van der Waals surface area contributed by atoms with E-state index in [1.807, 2.05) is 18.2 Å². The first-order chi connectivity index (χ1) is 18.1. The Morgan fingerprint density at radius 1 is 0.703 bits per heavy atom. The highest BCUT2D eigenvalue weighted by atomic mass is 16.5. The van der Waals surface area contributed by atoms with Crippen molar-refractivity contribution in [2.24, 2.45) is 0 Å². The predicted molar refractivity (Wildman–Crippen MR) is 152 cm³/mol. The van der Waals surface area contributed by atoms with E-state index >= 15 is 0 Å². The molecule has 0 amide bonds. The number of fused-ring (bicyclic) bond motifs is 4. The molecule has 0 bridgehead atoms. The first kappa shape index (κ1) is 21.8. The standard InChI is InChI=1S/C34H27NO2/c1-22-26-20-21-34(23-10-5-4-6-11-23,24-16-18-25(19-17-24)35(2)3)37-33(26)28-13-9-15-30-32(28)31(22)27-12-7-8-14-29(27)36-30/h4-21H,1-3H3. The Morgan fingerprint density at radius 3 is 2.19 bits per heavy atom. The van der Waals surface area contributed by atoms with Crippen molar-refractivity contribution < 1.29 is 9.47 Å². The van der Waals surface area contributed by atoms with Gasteiger partial charge in [0.15, 0.2) is 5.60 Å². The highest BCUT2D eigenvalue weighted by Crippen LogP contribution is 2.54. The van der Waals surface area contributed by atoms with Crippen LogP contribution in [0.15, 0.2) is 103 Å². The molecule has 0 aliphatic carbocycles. The van der Waals surface area contributed by atoms with Crippen LogP contribution in [0.1, 0.15) is 22.3 Å². The third-order valence-corrected chi connectivity index (χ3v) is 7.68. The van der Waals surface area contributed by atoms with Crippen LogP contribution in [0.3, 0.4) is 0 Å². The summed E-state index contributed by atoms with van der Waals surface area (Å²) in [5.74, 6) is 2.66. The highest BCUT2D eigenvalue weighted by molar-refractivity contribution is 6.10. The van der Waals surface area contributed by atoms with E-state index in [1.165, 1.54) is 11.1 Å². The number of nitrogens with zero attached hydrogens (tertiary/aromatic N) is 1. The molecular formula is C34H27NO2. The van der Waals surface area contributed by atoms with Gasteiger partial charge in [-0.2, -0.15) is 0 Å². The van der Waals surface area contributed by atoms with E-state index in [0.717, 1.165) is 56.0 Å². The van der Waals surface area contributed by atoms with Crippen LogP contribution in [-0.2, 0) is 5.60 Å². The van der Waals surface area contributed by atoms with E-state index < -0.39 is 5.60 Å². The van der Waals surface area contributed by atoms with Gasteiger partial charge in [-0.1, -0.05) is 78.9 Å². The van der Waals surface area contributed by atoms with Crippen molar-refractivity contribution in [2.75, 3.05) is 19.0 Å². The monoisotopic (exact) mass is 481 g/mol. The normalized spacial score (nSPS) is 16.9. The minimum Gasteiger partial charge on any atom is -0.472 e. The van der Waals surface area contributed by atoms with Crippen molar-refractivity contribution in [3.63, 3.8) is 0 Å². The predicted octanol–water partition coefficient (Wildman–Crippen LogP) is 8.34. The fraction of sp³-hybridized carbons (Fsp3) is 0.118. The topological polar surface area (TPSA) is 21.7 Å². The van der Waals surface area contributed by atoms with Gasteiger partial charge in [0.25, 0.3) is 0 Å². The second-order valence-corrected chi connectivity index (χ2v) is 10.00. The minimum absolute atomic E-state index is 0.751. The van der Waals surface area contributed by atoms with Gasteiger partial charge in [-0.3, -0.25) is 0 Å². The van der Waals surface area contributed by atoms with E-state index in [4.69, 9.17) is 9.47 Å². The lowest BCUT2D eigenvalue weighted by atomic mass is 9.81. The van der Waals surface area contributed by atoms with Gasteiger partial charge in [-0.15, -0.1) is 0 Å². The molecule has 5 aromatic rings. The van der Waals surface area contributed by atoms with Crippen LogP contribution in [0, 0.1) is 6.92 Å². The van der Waals surface area contributed by atoms with Crippen LogP contribution in [0.2, 0.25) is 0 Å². The maximum atomic E-state index is 7.20. The molecule has 0 radical (unpaired) electrons. The van der Waals surface area contributed by atoms with Gasteiger partial charge in [-0.25, -0.2) is 0 Å². The van der Waals surface area contributed by atoms with E-state index in [1.54, 1.807) is 0 Å². The summed E-state index contributed by atoms with van der Waals surface area (Å²) in [5, 5.41) is 2.18. The molecule has 0 N–H and O–H groups in total. The van der Waals surface area contributed by atoms with Gasteiger partial charge in [-0.05, 0) is 42.8 Å². The Labute approximate surface area is 217 Å². The lowest BCUT2D eigenvalue weighted by Gasteiger charge is -2.38. The number of rotatable bonds is 3. The highest BCUT2D eigenvalue weighted by Gasteiger charge is 2.39. The number of anilines is 1. The smallest absolute Gasteiger partial charge is 0.178 e. The van der Waals surface area contributed by atoms with Crippen LogP contribution in [-0.4, -0.2) is 14.1 Å². The lowest BCUT2D eigenvalue weighted by molar-refractivity contribution is 0.163. The molecule has 0 aromatic heterocycles. The van der Waals surface area contributed by atoms with Crippen molar-refractivity contribution >= 4 is 22.5 Å². The molecule has 2 heterocycles. The molecule has 3 nitrogen and oxygen atoms in total. The van der Waals surface area contributed by atoms with Crippen molar-refractivity contribution in [3.05, 3.63) is 125 Å². The van der Waals surface area contributed by atoms with Gasteiger partial charge in [0.05, 0.1) is 0 Å². The number of hydrogen-bond donors (Lipinski definition) is 0. The van der Waals surface area contributed by atoms with Gasteiger partial charge >= 0.3 is 0 Å². The number of benzene rings is 5. The summed E-state index contributed by atoms with van der Waals surface area (Å²) in [4.78, 5) is 2.11. The van der Waals surface area contributed by atoms with E-state index in [0.29, 0.717) is 0 Å². The van der Waals surface area contributed by atoms with Crippen molar-refractivity contribution in [2.45, 2.75) is 12.5 Å². The van der Waals surface area contributed by atoms with Crippen LogP contribution in [0.25, 0.3) is 28.0 Å². The lowest BCUT2D eigenvalue weighted by Crippen LogP contribution is -2.34. The summed E-state index contributed by atoms with van der Waals surface area (Å²) in [6.45, 7) is 2.20. The molecule has 180 valence electrons. The quantitative estimate of drug-likeness (QED) is 0.254. The van der Waals surface area contributed by atoms with Crippen LogP contribution in [0.4, 0.5) is 5.69 Å². The van der Waals surface area contributed by atoms with Crippen molar-refractivity contribution in [1.29, 1.82) is 0 Å². The Kier molecular flexibility index (Phi) is 4.71. The maximum Gasteiger partial charge on any atom is 0.178 e. The molecule has 2 aliphatic heterocycles. The third-order valence-electron chi connectivity index (χ3n) is 7.68. The molecule has 37 heavy (non-hydrogen) atoms. The van der Waals surface area contributed by atoms with Gasteiger partial charge < -0.3 is 14.4 Å². The number of hydrogen-bond acceptors (Lipinski definition) is 3. The molecule has 0 spiro atoms. The molecule has 0 fully saturated rings. The van der Waals surface area contributed by atoms with E-state index in [2.05, 4.69) is 117 Å². The molecular weight excluding hydrogens is 454 g/mol. The fourth-order valence-corrected chi connectivity index (χ4v) is 5.79. The molecule has 7 rings (SSSR count). The zero-order valence-electron chi connectivity index (χ0n) is 21.2. The van der Waals surface area contributed by atoms with Crippen LogP contribution >= 0.6 is 0 Å². The van der Waals surface area contributed by atoms with Gasteiger partial charge in [0, 0.05) is 58.4 Å². The van der Waals surface area contributed by atoms with E-state index in [-0.39, 0.29) is 0 Å². The second kappa shape index (κ2) is 8.01. The molecule has 0 saturated heterocycles. The molecule has 0 saturated carbocycles. The Bertz CT molecular complexity index is 1700. The molecule has 2 aliphatic rings. The Balaban J connectivity index is 1.50. The fourth-order valence-electron chi connectivity index (χ4n) is 5.79. The Hall–Kier alpha value is -4.50.